The van der Waals surface area contributed by atoms with E-state index in [9.17, 15) is 18.5 Å². The number of halogens is 1. The maximum absolute atomic E-state index is 12.3. The fourth-order valence-corrected chi connectivity index (χ4v) is 3.83. The summed E-state index contributed by atoms with van der Waals surface area (Å²) in [5, 5.41) is 13.9. The van der Waals surface area contributed by atoms with E-state index in [4.69, 9.17) is 0 Å². The molecular weight excluding hydrogens is 485 g/mol. The van der Waals surface area contributed by atoms with E-state index in [1.807, 2.05) is 0 Å². The lowest BCUT2D eigenvalue weighted by molar-refractivity contribution is -0.385. The molecule has 2 N–H and O–H groups in total. The molecule has 2 rings (SSSR count). The normalized spacial score (nSPS) is 15.9. The monoisotopic (exact) mass is 511 g/mol. The number of likely N-dealkylation sites (tertiary alicyclic amines) is 1. The number of nitro groups is 1. The van der Waals surface area contributed by atoms with E-state index in [1.54, 1.807) is 7.05 Å². The molecule has 0 amide bonds. The van der Waals surface area contributed by atoms with Gasteiger partial charge in [0.05, 0.1) is 9.82 Å². The van der Waals surface area contributed by atoms with Crippen molar-refractivity contribution < 1.29 is 13.3 Å². The second kappa shape index (κ2) is 10.8. The van der Waals surface area contributed by atoms with Crippen LogP contribution in [0.4, 0.5) is 5.69 Å². The molecule has 0 radical (unpaired) electrons. The van der Waals surface area contributed by atoms with Crippen molar-refractivity contribution in [2.75, 3.05) is 33.2 Å². The predicted octanol–water partition coefficient (Wildman–Crippen LogP) is 1.80. The van der Waals surface area contributed by atoms with Gasteiger partial charge in [0, 0.05) is 45.4 Å². The second-order valence-corrected chi connectivity index (χ2v) is 8.06. The zero-order valence-electron chi connectivity index (χ0n) is 15.4. The third kappa shape index (κ3) is 6.88. The van der Waals surface area contributed by atoms with Crippen LogP contribution in [0.25, 0.3) is 0 Å². The molecule has 0 atom stereocenters. The summed E-state index contributed by atoms with van der Waals surface area (Å²) in [6, 6.07) is 4.98. The van der Waals surface area contributed by atoms with E-state index in [0.29, 0.717) is 12.5 Å². The molecular formula is C16H26IN5O4S. The number of nitrogens with one attached hydrogen (secondary N) is 2. The van der Waals surface area contributed by atoms with Gasteiger partial charge in [-0.2, -0.15) is 0 Å². The number of sulfonamides is 1. The molecule has 1 fully saturated rings. The van der Waals surface area contributed by atoms with E-state index < -0.39 is 14.9 Å². The van der Waals surface area contributed by atoms with Gasteiger partial charge >= 0.3 is 0 Å². The Bertz CT molecular complexity index is 764. The Morgan fingerprint density at radius 1 is 1.33 bits per heavy atom. The summed E-state index contributed by atoms with van der Waals surface area (Å²) in [5.74, 6) is 1.47. The smallest absolute Gasteiger partial charge is 0.270 e. The van der Waals surface area contributed by atoms with Crippen molar-refractivity contribution in [3.05, 3.63) is 34.4 Å². The van der Waals surface area contributed by atoms with Crippen LogP contribution in [0.15, 0.2) is 34.2 Å². The summed E-state index contributed by atoms with van der Waals surface area (Å²) in [7, 11) is -2.10. The summed E-state index contributed by atoms with van der Waals surface area (Å²) in [4.78, 5) is 16.4. The average Bonchev–Trinajstić information content (AvgIpc) is 2.63. The maximum atomic E-state index is 12.3. The van der Waals surface area contributed by atoms with Gasteiger partial charge in [-0.05, 0) is 24.8 Å². The van der Waals surface area contributed by atoms with Gasteiger partial charge in [-0.15, -0.1) is 24.0 Å². The molecule has 27 heavy (non-hydrogen) atoms. The van der Waals surface area contributed by atoms with Crippen molar-refractivity contribution in [3.63, 3.8) is 0 Å². The molecule has 1 aliphatic rings. The van der Waals surface area contributed by atoms with Gasteiger partial charge in [-0.25, -0.2) is 13.1 Å². The zero-order valence-corrected chi connectivity index (χ0v) is 18.6. The van der Waals surface area contributed by atoms with Gasteiger partial charge in [-0.3, -0.25) is 15.1 Å². The summed E-state index contributed by atoms with van der Waals surface area (Å²) in [6.45, 7) is 4.61. The van der Waals surface area contributed by atoms with Crippen molar-refractivity contribution in [2.24, 2.45) is 10.9 Å². The fourth-order valence-electron chi connectivity index (χ4n) is 2.76. The van der Waals surface area contributed by atoms with Gasteiger partial charge in [0.15, 0.2) is 5.96 Å². The van der Waals surface area contributed by atoms with Crippen molar-refractivity contribution in [1.82, 2.24) is 14.9 Å². The lowest BCUT2D eigenvalue weighted by Crippen LogP contribution is -2.47. The number of hydrogen-bond donors (Lipinski definition) is 2. The fraction of sp³-hybridized carbons (Fsp3) is 0.562. The van der Waals surface area contributed by atoms with Crippen molar-refractivity contribution in [3.8, 4) is 0 Å². The van der Waals surface area contributed by atoms with Crippen LogP contribution in [0.2, 0.25) is 0 Å². The number of guanidine groups is 1. The molecule has 1 aromatic rings. The number of nitrogens with zero attached hydrogens (tertiary/aromatic N) is 3. The Labute approximate surface area is 176 Å². The van der Waals surface area contributed by atoms with Crippen LogP contribution < -0.4 is 10.0 Å². The van der Waals surface area contributed by atoms with E-state index >= 15 is 0 Å². The summed E-state index contributed by atoms with van der Waals surface area (Å²) < 4.78 is 27.0. The molecule has 1 heterocycles. The highest BCUT2D eigenvalue weighted by molar-refractivity contribution is 14.0. The van der Waals surface area contributed by atoms with Gasteiger partial charge in [0.2, 0.25) is 10.0 Å². The lowest BCUT2D eigenvalue weighted by Gasteiger charge is -2.32. The standard InChI is InChI=1S/C16H25N5O4S.HI/c1-13-6-10-20(11-7-13)16(17-2)18-8-9-19-26(24,25)15-5-3-4-14(12-15)21(22)23;/h3-5,12-13,19H,6-11H2,1-2H3,(H,17,18);1H. The Balaban J connectivity index is 0.00000364. The third-order valence-corrected chi connectivity index (χ3v) is 5.79. The van der Waals surface area contributed by atoms with Crippen molar-refractivity contribution in [2.45, 2.75) is 24.7 Å². The first-order valence-electron chi connectivity index (χ1n) is 8.53. The summed E-state index contributed by atoms with van der Waals surface area (Å²) in [5.41, 5.74) is -0.259. The number of rotatable bonds is 6. The molecule has 152 valence electrons. The number of benzene rings is 1. The molecule has 9 nitrogen and oxygen atoms in total. The highest BCUT2D eigenvalue weighted by atomic mass is 127. The van der Waals surface area contributed by atoms with Crippen LogP contribution in [0.5, 0.6) is 0 Å². The van der Waals surface area contributed by atoms with Crippen LogP contribution in [0, 0.1) is 16.0 Å². The van der Waals surface area contributed by atoms with Crippen LogP contribution in [-0.4, -0.2) is 57.4 Å². The van der Waals surface area contributed by atoms with E-state index in [2.05, 4.69) is 26.9 Å². The molecule has 0 unspecified atom stereocenters. The highest BCUT2D eigenvalue weighted by Gasteiger charge is 2.19. The van der Waals surface area contributed by atoms with Crippen molar-refractivity contribution >= 4 is 45.6 Å². The summed E-state index contributed by atoms with van der Waals surface area (Å²) >= 11 is 0. The number of aliphatic imine (C=N–C) groups is 1. The minimum Gasteiger partial charge on any atom is -0.355 e. The van der Waals surface area contributed by atoms with Crippen molar-refractivity contribution in [1.29, 1.82) is 0 Å². The maximum Gasteiger partial charge on any atom is 0.270 e. The minimum absolute atomic E-state index is 0. The molecule has 0 aliphatic carbocycles. The Morgan fingerprint density at radius 3 is 2.59 bits per heavy atom. The number of nitro benzene ring substituents is 1. The molecule has 0 spiro atoms. The van der Waals surface area contributed by atoms with E-state index in [1.165, 1.54) is 18.2 Å². The van der Waals surface area contributed by atoms with Gasteiger partial charge in [0.25, 0.3) is 5.69 Å². The third-order valence-electron chi connectivity index (χ3n) is 4.33. The Kier molecular flexibility index (Phi) is 9.39. The largest absolute Gasteiger partial charge is 0.355 e. The first-order chi connectivity index (χ1) is 12.3. The molecule has 1 saturated heterocycles. The lowest BCUT2D eigenvalue weighted by atomic mass is 10.00. The predicted molar refractivity (Wildman–Crippen MR) is 115 cm³/mol. The Morgan fingerprint density at radius 2 is 2.00 bits per heavy atom. The zero-order chi connectivity index (χ0) is 19.2. The summed E-state index contributed by atoms with van der Waals surface area (Å²) in [6.07, 6.45) is 2.22. The number of hydrogen-bond acceptors (Lipinski definition) is 5. The molecule has 11 heteroatoms. The highest BCUT2D eigenvalue weighted by Crippen LogP contribution is 2.17. The SMILES string of the molecule is CN=C(NCCNS(=O)(=O)c1cccc([N+](=O)[O-])c1)N1CCC(C)CC1.I. The first-order valence-corrected chi connectivity index (χ1v) is 10.0. The van der Waals surface area contributed by atoms with Crippen LogP contribution in [-0.2, 0) is 10.0 Å². The quantitative estimate of drug-likeness (QED) is 0.150. The van der Waals surface area contributed by atoms with E-state index in [0.717, 1.165) is 38.0 Å². The number of piperidine rings is 1. The molecule has 1 aliphatic heterocycles. The number of non-ortho nitro benzene ring substituents is 1. The molecule has 0 bridgehead atoms. The Hall–Kier alpha value is -1.47. The average molecular weight is 511 g/mol. The minimum atomic E-state index is -3.80. The van der Waals surface area contributed by atoms with Crippen LogP contribution >= 0.6 is 24.0 Å². The molecule has 0 saturated carbocycles. The molecule has 1 aromatic carbocycles. The van der Waals surface area contributed by atoms with E-state index in [-0.39, 0.29) is 41.1 Å². The topological polar surface area (TPSA) is 117 Å². The van der Waals surface area contributed by atoms with Gasteiger partial charge in [-0.1, -0.05) is 13.0 Å². The van der Waals surface area contributed by atoms with Gasteiger partial charge in [0.1, 0.15) is 0 Å². The second-order valence-electron chi connectivity index (χ2n) is 6.30. The van der Waals surface area contributed by atoms with Crippen LogP contribution in [0.3, 0.4) is 0 Å². The first kappa shape index (κ1) is 23.6. The van der Waals surface area contributed by atoms with Gasteiger partial charge < -0.3 is 10.2 Å². The van der Waals surface area contributed by atoms with Crippen LogP contribution in [0.1, 0.15) is 19.8 Å². The molecule has 0 aromatic heterocycles.